The molecule has 0 saturated carbocycles. The van der Waals surface area contributed by atoms with Crippen LogP contribution in [0.2, 0.25) is 0 Å². The van der Waals surface area contributed by atoms with Gasteiger partial charge in [-0.1, -0.05) is 30.3 Å². The van der Waals surface area contributed by atoms with E-state index in [1.807, 2.05) is 6.07 Å². The predicted octanol–water partition coefficient (Wildman–Crippen LogP) is 3.93. The van der Waals surface area contributed by atoms with E-state index < -0.39 is 0 Å². The highest BCUT2D eigenvalue weighted by Gasteiger charge is 2.50. The molecule has 2 aliphatic rings. The number of nitrogens with zero attached hydrogens (tertiary/aromatic N) is 1. The Hall–Kier alpha value is -1.13. The molecule has 2 aliphatic heterocycles. The first-order valence-electron chi connectivity index (χ1n) is 6.86. The summed E-state index contributed by atoms with van der Waals surface area (Å²) in [6.07, 6.45) is 2.66. The monoisotopic (exact) mass is 347 g/mol. The fraction of sp³-hybridized carbons (Fsp3) is 0.312. The van der Waals surface area contributed by atoms with Crippen molar-refractivity contribution in [2.75, 3.05) is 6.54 Å². The van der Waals surface area contributed by atoms with E-state index in [2.05, 4.69) is 51.2 Å². The summed E-state index contributed by atoms with van der Waals surface area (Å²) in [5.41, 5.74) is 2.35. The van der Waals surface area contributed by atoms with Gasteiger partial charge in [-0.15, -0.1) is 11.3 Å². The number of amides is 1. The van der Waals surface area contributed by atoms with Crippen LogP contribution < -0.4 is 0 Å². The summed E-state index contributed by atoms with van der Waals surface area (Å²) >= 11 is 5.30. The van der Waals surface area contributed by atoms with Gasteiger partial charge in [0.1, 0.15) is 0 Å². The minimum atomic E-state index is -0.228. The van der Waals surface area contributed by atoms with E-state index in [-0.39, 0.29) is 11.4 Å². The maximum atomic E-state index is 12.5. The van der Waals surface area contributed by atoms with Gasteiger partial charge in [0, 0.05) is 11.4 Å². The molecule has 2 nitrogen and oxygen atoms in total. The van der Waals surface area contributed by atoms with Crippen LogP contribution in [0, 0.1) is 0 Å². The highest BCUT2D eigenvalue weighted by atomic mass is 79.9. The fourth-order valence-electron chi connectivity index (χ4n) is 3.72. The Labute approximate surface area is 130 Å². The lowest BCUT2D eigenvalue weighted by molar-refractivity contribution is -0.134. The lowest BCUT2D eigenvalue weighted by Gasteiger charge is -2.42. The molecule has 0 spiro atoms. The Bertz CT molecular complexity index is 681. The van der Waals surface area contributed by atoms with Crippen molar-refractivity contribution >= 4 is 33.2 Å². The molecule has 1 aromatic carbocycles. The SMILES string of the molecule is O=C1Cc2sc(Br)cc2C2(c3ccccc3)CCCN12. The third kappa shape index (κ3) is 1.58. The van der Waals surface area contributed by atoms with Crippen molar-refractivity contribution in [3.8, 4) is 0 Å². The average molecular weight is 348 g/mol. The standard InChI is InChI=1S/C16H14BrNOS/c17-14-9-12-13(20-14)10-15(19)18-8-4-7-16(12,18)11-5-2-1-3-6-11/h1-3,5-6,9H,4,7-8,10H2. The van der Waals surface area contributed by atoms with E-state index in [1.165, 1.54) is 16.0 Å². The van der Waals surface area contributed by atoms with Crippen LogP contribution in [0.3, 0.4) is 0 Å². The Kier molecular flexibility index (Phi) is 2.79. The molecule has 4 rings (SSSR count). The van der Waals surface area contributed by atoms with Crippen LogP contribution in [0.15, 0.2) is 40.2 Å². The number of benzene rings is 1. The molecule has 1 saturated heterocycles. The number of thiophene rings is 1. The van der Waals surface area contributed by atoms with Gasteiger partial charge in [0.15, 0.2) is 0 Å². The molecule has 1 amide bonds. The first kappa shape index (κ1) is 12.6. The van der Waals surface area contributed by atoms with Gasteiger partial charge < -0.3 is 4.90 Å². The summed E-state index contributed by atoms with van der Waals surface area (Å²) in [5, 5.41) is 0. The molecular formula is C16H14BrNOS. The van der Waals surface area contributed by atoms with Crippen molar-refractivity contribution in [1.82, 2.24) is 4.90 Å². The van der Waals surface area contributed by atoms with Crippen LogP contribution in [-0.2, 0) is 16.8 Å². The van der Waals surface area contributed by atoms with Gasteiger partial charge in [-0.25, -0.2) is 0 Å². The summed E-state index contributed by atoms with van der Waals surface area (Å²) in [7, 11) is 0. The first-order valence-corrected chi connectivity index (χ1v) is 8.47. The molecular weight excluding hydrogens is 334 g/mol. The number of hydrogen-bond donors (Lipinski definition) is 0. The Morgan fingerprint density at radius 2 is 2.05 bits per heavy atom. The molecule has 1 atom stereocenters. The second-order valence-corrected chi connectivity index (χ2v) is 7.96. The number of halogens is 1. The van der Waals surface area contributed by atoms with Crippen molar-refractivity contribution in [1.29, 1.82) is 0 Å². The van der Waals surface area contributed by atoms with E-state index in [4.69, 9.17) is 0 Å². The van der Waals surface area contributed by atoms with Crippen molar-refractivity contribution in [2.45, 2.75) is 24.8 Å². The summed E-state index contributed by atoms with van der Waals surface area (Å²) in [6.45, 7) is 0.876. The maximum absolute atomic E-state index is 12.5. The molecule has 4 heteroatoms. The lowest BCUT2D eigenvalue weighted by Crippen LogP contribution is -2.49. The highest BCUT2D eigenvalue weighted by Crippen LogP contribution is 2.51. The zero-order valence-electron chi connectivity index (χ0n) is 10.9. The van der Waals surface area contributed by atoms with E-state index >= 15 is 0 Å². The van der Waals surface area contributed by atoms with Crippen LogP contribution in [0.25, 0.3) is 0 Å². The topological polar surface area (TPSA) is 20.3 Å². The minimum Gasteiger partial charge on any atom is -0.328 e. The second kappa shape index (κ2) is 4.43. The molecule has 0 radical (unpaired) electrons. The molecule has 102 valence electrons. The third-order valence-corrected chi connectivity index (χ3v) is 6.11. The molecule has 1 unspecified atom stereocenters. The van der Waals surface area contributed by atoms with E-state index in [9.17, 15) is 4.79 Å². The summed E-state index contributed by atoms with van der Waals surface area (Å²) in [6, 6.07) is 12.7. The second-order valence-electron chi connectivity index (χ2n) is 5.44. The van der Waals surface area contributed by atoms with Crippen molar-refractivity contribution in [3.05, 3.63) is 56.2 Å². The van der Waals surface area contributed by atoms with Gasteiger partial charge in [-0.3, -0.25) is 4.79 Å². The van der Waals surface area contributed by atoms with Crippen LogP contribution in [-0.4, -0.2) is 17.4 Å². The van der Waals surface area contributed by atoms with Crippen molar-refractivity contribution < 1.29 is 4.79 Å². The molecule has 3 heterocycles. The molecule has 20 heavy (non-hydrogen) atoms. The van der Waals surface area contributed by atoms with Gasteiger partial charge in [0.2, 0.25) is 5.91 Å². The summed E-state index contributed by atoms with van der Waals surface area (Å²) in [4.78, 5) is 15.9. The number of carbonyl (C=O) groups is 1. The van der Waals surface area contributed by atoms with Gasteiger partial charge in [-0.2, -0.15) is 0 Å². The van der Waals surface area contributed by atoms with Gasteiger partial charge >= 0.3 is 0 Å². The Morgan fingerprint density at radius 3 is 2.85 bits per heavy atom. The quantitative estimate of drug-likeness (QED) is 0.765. The zero-order chi connectivity index (χ0) is 13.7. The maximum Gasteiger partial charge on any atom is 0.228 e. The minimum absolute atomic E-state index is 0.228. The smallest absolute Gasteiger partial charge is 0.228 e. The van der Waals surface area contributed by atoms with E-state index in [1.54, 1.807) is 11.3 Å². The molecule has 0 N–H and O–H groups in total. The van der Waals surface area contributed by atoms with Crippen molar-refractivity contribution in [3.63, 3.8) is 0 Å². The van der Waals surface area contributed by atoms with Crippen LogP contribution in [0.5, 0.6) is 0 Å². The largest absolute Gasteiger partial charge is 0.328 e. The van der Waals surface area contributed by atoms with Gasteiger partial charge in [-0.05, 0) is 46.0 Å². The Balaban J connectivity index is 2.01. The van der Waals surface area contributed by atoms with Crippen molar-refractivity contribution in [2.24, 2.45) is 0 Å². The molecule has 1 aromatic heterocycles. The average Bonchev–Trinajstić information content (AvgIpc) is 3.04. The summed E-state index contributed by atoms with van der Waals surface area (Å²) in [5.74, 6) is 0.271. The van der Waals surface area contributed by atoms with Crippen LogP contribution >= 0.6 is 27.3 Å². The van der Waals surface area contributed by atoms with E-state index in [0.29, 0.717) is 6.42 Å². The number of hydrogen-bond acceptors (Lipinski definition) is 2. The molecule has 0 bridgehead atoms. The van der Waals surface area contributed by atoms with Gasteiger partial charge in [0.25, 0.3) is 0 Å². The first-order chi connectivity index (χ1) is 9.72. The highest BCUT2D eigenvalue weighted by molar-refractivity contribution is 9.11. The molecule has 1 fully saturated rings. The zero-order valence-corrected chi connectivity index (χ0v) is 13.3. The number of fused-ring (bicyclic) bond motifs is 3. The fourth-order valence-corrected chi connectivity index (χ4v) is 5.48. The van der Waals surface area contributed by atoms with Crippen LogP contribution in [0.1, 0.15) is 28.8 Å². The van der Waals surface area contributed by atoms with E-state index in [0.717, 1.165) is 23.2 Å². The third-order valence-electron chi connectivity index (χ3n) is 4.47. The van der Waals surface area contributed by atoms with Gasteiger partial charge in [0.05, 0.1) is 15.7 Å². The molecule has 0 aliphatic carbocycles. The normalized spacial score (nSPS) is 24.6. The number of rotatable bonds is 1. The lowest BCUT2D eigenvalue weighted by atomic mass is 9.78. The van der Waals surface area contributed by atoms with Crippen LogP contribution in [0.4, 0.5) is 0 Å². The number of carbonyl (C=O) groups excluding carboxylic acids is 1. The predicted molar refractivity (Wildman–Crippen MR) is 83.9 cm³/mol. The molecule has 2 aromatic rings. The summed E-state index contributed by atoms with van der Waals surface area (Å²) < 4.78 is 1.12. The Morgan fingerprint density at radius 1 is 1.25 bits per heavy atom.